The molecule has 7 heteroatoms. The van der Waals surface area contributed by atoms with E-state index in [1.807, 2.05) is 28.8 Å². The van der Waals surface area contributed by atoms with E-state index < -0.39 is 8.07 Å². The van der Waals surface area contributed by atoms with Crippen LogP contribution in [0, 0.1) is 0 Å². The standard InChI is InChI=1S/C20H28N4O2Si/c1-25-16-7-5-15(6-8-16)13-18-23-19-17(21)9-10-22-20(19)24(18)14-26-11-12-27(2,3)4/h5-10H,11-14H2,1-4H3,(H2,21,22). The molecule has 0 unspecified atom stereocenters. The lowest BCUT2D eigenvalue weighted by Gasteiger charge is -2.16. The first-order valence-electron chi connectivity index (χ1n) is 9.17. The van der Waals surface area contributed by atoms with E-state index in [-0.39, 0.29) is 0 Å². The van der Waals surface area contributed by atoms with E-state index in [1.54, 1.807) is 19.4 Å². The molecule has 144 valence electrons. The van der Waals surface area contributed by atoms with Crippen molar-refractivity contribution in [2.45, 2.75) is 38.8 Å². The molecule has 0 fully saturated rings. The van der Waals surface area contributed by atoms with Crippen LogP contribution in [0.1, 0.15) is 11.4 Å². The zero-order valence-electron chi connectivity index (χ0n) is 16.5. The highest BCUT2D eigenvalue weighted by molar-refractivity contribution is 6.76. The van der Waals surface area contributed by atoms with Crippen molar-refractivity contribution in [2.24, 2.45) is 0 Å². The predicted molar refractivity (Wildman–Crippen MR) is 112 cm³/mol. The predicted octanol–water partition coefficient (Wildman–Crippen LogP) is 3.93. The fourth-order valence-corrected chi connectivity index (χ4v) is 3.57. The number of fused-ring (bicyclic) bond motifs is 1. The molecule has 0 radical (unpaired) electrons. The van der Waals surface area contributed by atoms with Crippen LogP contribution in [-0.2, 0) is 17.9 Å². The Kier molecular flexibility index (Phi) is 5.81. The Balaban J connectivity index is 1.84. The molecule has 3 rings (SSSR count). The van der Waals surface area contributed by atoms with Crippen LogP contribution in [0.3, 0.4) is 0 Å². The lowest BCUT2D eigenvalue weighted by molar-refractivity contribution is 0.0878. The van der Waals surface area contributed by atoms with E-state index in [1.165, 1.54) is 0 Å². The van der Waals surface area contributed by atoms with Gasteiger partial charge in [0.05, 0.1) is 12.8 Å². The second kappa shape index (κ2) is 8.10. The van der Waals surface area contributed by atoms with Gasteiger partial charge in [0.2, 0.25) is 0 Å². The Hall–Kier alpha value is -2.38. The van der Waals surface area contributed by atoms with Crippen LogP contribution in [0.25, 0.3) is 11.2 Å². The summed E-state index contributed by atoms with van der Waals surface area (Å²) in [4.78, 5) is 9.24. The summed E-state index contributed by atoms with van der Waals surface area (Å²) >= 11 is 0. The SMILES string of the molecule is COc1ccc(Cc2nc3c(N)ccnc3n2COCC[Si](C)(C)C)cc1. The van der Waals surface area contributed by atoms with Crippen LogP contribution in [0.5, 0.6) is 5.75 Å². The van der Waals surface area contributed by atoms with Gasteiger partial charge in [-0.1, -0.05) is 31.8 Å². The van der Waals surface area contributed by atoms with Gasteiger partial charge in [-0.25, -0.2) is 9.97 Å². The topological polar surface area (TPSA) is 75.2 Å². The number of hydrogen-bond acceptors (Lipinski definition) is 5. The fourth-order valence-electron chi connectivity index (χ4n) is 2.81. The van der Waals surface area contributed by atoms with Gasteiger partial charge in [0.15, 0.2) is 5.65 Å². The summed E-state index contributed by atoms with van der Waals surface area (Å²) in [6.45, 7) is 8.23. The average molecular weight is 385 g/mol. The molecule has 0 aliphatic carbocycles. The Labute approximate surface area is 161 Å². The quantitative estimate of drug-likeness (QED) is 0.470. The number of methoxy groups -OCH3 is 1. The lowest BCUT2D eigenvalue weighted by atomic mass is 10.1. The molecule has 6 nitrogen and oxygen atoms in total. The highest BCUT2D eigenvalue weighted by atomic mass is 28.3. The number of rotatable bonds is 8. The molecule has 0 amide bonds. The lowest BCUT2D eigenvalue weighted by Crippen LogP contribution is -2.22. The van der Waals surface area contributed by atoms with Crippen LogP contribution >= 0.6 is 0 Å². The summed E-state index contributed by atoms with van der Waals surface area (Å²) in [5.41, 5.74) is 9.40. The van der Waals surface area contributed by atoms with Gasteiger partial charge in [0.1, 0.15) is 23.8 Å². The molecule has 0 atom stereocenters. The Morgan fingerprint density at radius 1 is 1.11 bits per heavy atom. The number of aromatic nitrogens is 3. The fraction of sp³-hybridized carbons (Fsp3) is 0.400. The van der Waals surface area contributed by atoms with Gasteiger partial charge in [-0.15, -0.1) is 0 Å². The zero-order chi connectivity index (χ0) is 19.4. The maximum atomic E-state index is 6.11. The van der Waals surface area contributed by atoms with Crippen molar-refractivity contribution >= 4 is 24.9 Å². The maximum absolute atomic E-state index is 6.11. The van der Waals surface area contributed by atoms with Crippen molar-refractivity contribution < 1.29 is 9.47 Å². The Bertz CT molecular complexity index is 901. The van der Waals surface area contributed by atoms with Crippen molar-refractivity contribution in [1.82, 2.24) is 14.5 Å². The number of hydrogen-bond donors (Lipinski definition) is 1. The first-order valence-corrected chi connectivity index (χ1v) is 12.9. The third kappa shape index (κ3) is 4.87. The first-order chi connectivity index (χ1) is 12.9. The van der Waals surface area contributed by atoms with Gasteiger partial charge in [-0.2, -0.15) is 0 Å². The Morgan fingerprint density at radius 3 is 2.52 bits per heavy atom. The number of anilines is 1. The molecule has 2 aromatic heterocycles. The van der Waals surface area contributed by atoms with Gasteiger partial charge in [-0.05, 0) is 29.8 Å². The molecule has 0 saturated heterocycles. The van der Waals surface area contributed by atoms with Crippen molar-refractivity contribution in [3.8, 4) is 5.75 Å². The van der Waals surface area contributed by atoms with Crippen molar-refractivity contribution in [3.05, 3.63) is 47.9 Å². The minimum Gasteiger partial charge on any atom is -0.497 e. The average Bonchev–Trinajstić information content (AvgIpc) is 2.97. The number of nitrogens with two attached hydrogens (primary N) is 1. The summed E-state index contributed by atoms with van der Waals surface area (Å²) in [5, 5.41) is 0. The van der Waals surface area contributed by atoms with E-state index >= 15 is 0 Å². The van der Waals surface area contributed by atoms with Gasteiger partial charge < -0.3 is 15.2 Å². The first kappa shape index (κ1) is 19.4. The molecule has 0 aliphatic rings. The minimum atomic E-state index is -1.12. The molecule has 0 spiro atoms. The zero-order valence-corrected chi connectivity index (χ0v) is 17.5. The summed E-state index contributed by atoms with van der Waals surface area (Å²) in [5.74, 6) is 1.74. The van der Waals surface area contributed by atoms with Crippen LogP contribution < -0.4 is 10.5 Å². The van der Waals surface area contributed by atoms with Gasteiger partial charge in [-0.3, -0.25) is 4.57 Å². The van der Waals surface area contributed by atoms with Crippen LogP contribution in [0.2, 0.25) is 25.7 Å². The van der Waals surface area contributed by atoms with E-state index in [0.29, 0.717) is 18.8 Å². The number of ether oxygens (including phenoxy) is 2. The summed E-state index contributed by atoms with van der Waals surface area (Å²) in [6, 6.07) is 10.9. The van der Waals surface area contributed by atoms with Gasteiger partial charge in [0.25, 0.3) is 0 Å². The molecular weight excluding hydrogens is 356 g/mol. The van der Waals surface area contributed by atoms with E-state index in [9.17, 15) is 0 Å². The van der Waals surface area contributed by atoms with Gasteiger partial charge >= 0.3 is 0 Å². The molecule has 3 aromatic rings. The largest absolute Gasteiger partial charge is 0.497 e. The van der Waals surface area contributed by atoms with Crippen molar-refractivity contribution in [2.75, 3.05) is 19.5 Å². The second-order valence-corrected chi connectivity index (χ2v) is 13.5. The number of nitrogen functional groups attached to an aromatic ring is 1. The monoisotopic (exact) mass is 384 g/mol. The number of benzene rings is 1. The normalized spacial score (nSPS) is 11.9. The highest BCUT2D eigenvalue weighted by Crippen LogP contribution is 2.22. The maximum Gasteiger partial charge on any atom is 0.164 e. The Morgan fingerprint density at radius 2 is 1.85 bits per heavy atom. The van der Waals surface area contributed by atoms with E-state index in [0.717, 1.165) is 41.0 Å². The molecule has 0 bridgehead atoms. The summed E-state index contributed by atoms with van der Waals surface area (Å²) in [7, 11) is 0.544. The van der Waals surface area contributed by atoms with Crippen molar-refractivity contribution in [1.29, 1.82) is 0 Å². The third-order valence-corrected chi connectivity index (χ3v) is 6.19. The molecule has 0 aliphatic heterocycles. The van der Waals surface area contributed by atoms with Crippen LogP contribution in [0.15, 0.2) is 36.5 Å². The van der Waals surface area contributed by atoms with Gasteiger partial charge in [0, 0.05) is 27.3 Å². The molecule has 27 heavy (non-hydrogen) atoms. The molecule has 1 aromatic carbocycles. The van der Waals surface area contributed by atoms with Crippen molar-refractivity contribution in [3.63, 3.8) is 0 Å². The molecular formula is C20H28N4O2Si. The molecule has 2 heterocycles. The second-order valence-electron chi connectivity index (χ2n) is 7.90. The van der Waals surface area contributed by atoms with E-state index in [2.05, 4.69) is 24.6 Å². The number of pyridine rings is 1. The minimum absolute atomic E-state index is 0.433. The molecule has 0 saturated carbocycles. The third-order valence-electron chi connectivity index (χ3n) is 4.48. The number of nitrogens with zero attached hydrogens (tertiary/aromatic N) is 3. The smallest absolute Gasteiger partial charge is 0.164 e. The highest BCUT2D eigenvalue weighted by Gasteiger charge is 2.16. The summed E-state index contributed by atoms with van der Waals surface area (Å²) in [6.07, 6.45) is 2.40. The number of imidazole rings is 1. The van der Waals surface area contributed by atoms with Crippen LogP contribution in [-0.4, -0.2) is 36.3 Å². The van der Waals surface area contributed by atoms with E-state index in [4.69, 9.17) is 20.2 Å². The van der Waals surface area contributed by atoms with Crippen LogP contribution in [0.4, 0.5) is 5.69 Å². The summed E-state index contributed by atoms with van der Waals surface area (Å²) < 4.78 is 13.2. The molecule has 2 N–H and O–H groups in total.